The molecule has 1 amide bonds. The highest BCUT2D eigenvalue weighted by molar-refractivity contribution is 5.97. The van der Waals surface area contributed by atoms with E-state index in [0.29, 0.717) is 50.2 Å². The summed E-state index contributed by atoms with van der Waals surface area (Å²) in [7, 11) is 1.63. The first-order valence-corrected chi connectivity index (χ1v) is 16.7. The SMILES string of the molecule is C=C(OC)C(=CC)Cn1c2nccc(-c3nc(N4CCN(C(=O)OC(C)(C)C)CC4)c4c(C5CCC5)cncc4n3)c2n2cc(C)nc12. The third-order valence-corrected chi connectivity index (χ3v) is 9.37. The molecule has 5 aromatic rings. The maximum absolute atomic E-state index is 12.9. The second-order valence-corrected chi connectivity index (χ2v) is 13.7. The molecule has 12 heteroatoms. The average molecular weight is 650 g/mol. The number of rotatable bonds is 7. The van der Waals surface area contributed by atoms with Crippen molar-refractivity contribution in [1.82, 2.24) is 38.8 Å². The molecule has 0 spiro atoms. The number of anilines is 1. The van der Waals surface area contributed by atoms with E-state index in [2.05, 4.69) is 25.4 Å². The second kappa shape index (κ2) is 12.2. The fraction of sp³-hybridized carbons (Fsp3) is 0.444. The molecule has 1 aliphatic heterocycles. The van der Waals surface area contributed by atoms with Crippen LogP contribution < -0.4 is 4.90 Å². The molecule has 1 saturated heterocycles. The summed E-state index contributed by atoms with van der Waals surface area (Å²) in [6, 6.07) is 1.97. The van der Waals surface area contributed by atoms with E-state index in [4.69, 9.17) is 29.4 Å². The van der Waals surface area contributed by atoms with E-state index in [-0.39, 0.29) is 6.09 Å². The van der Waals surface area contributed by atoms with Gasteiger partial charge in [0.25, 0.3) is 0 Å². The summed E-state index contributed by atoms with van der Waals surface area (Å²) in [5, 5.41) is 1.05. The minimum Gasteiger partial charge on any atom is -0.497 e. The maximum Gasteiger partial charge on any atom is 0.410 e. The topological polar surface area (TPSA) is 116 Å². The maximum atomic E-state index is 12.9. The minimum absolute atomic E-state index is 0.284. The summed E-state index contributed by atoms with van der Waals surface area (Å²) in [6.07, 6.45) is 12.9. The second-order valence-electron chi connectivity index (χ2n) is 13.7. The number of imidazole rings is 2. The van der Waals surface area contributed by atoms with Gasteiger partial charge in [0.05, 0.1) is 31.1 Å². The Morgan fingerprint density at radius 2 is 1.88 bits per heavy atom. The average Bonchev–Trinajstić information content (AvgIpc) is 3.56. The van der Waals surface area contributed by atoms with Crippen LogP contribution in [0, 0.1) is 6.92 Å². The molecule has 250 valence electrons. The van der Waals surface area contributed by atoms with Crippen LogP contribution in [-0.4, -0.2) is 83.8 Å². The van der Waals surface area contributed by atoms with Crippen LogP contribution in [-0.2, 0) is 16.0 Å². The van der Waals surface area contributed by atoms with Crippen molar-refractivity contribution in [2.24, 2.45) is 0 Å². The molecular weight excluding hydrogens is 606 g/mol. The Hall–Kier alpha value is -5.00. The zero-order valence-corrected chi connectivity index (χ0v) is 28.7. The van der Waals surface area contributed by atoms with Gasteiger partial charge in [0.2, 0.25) is 5.78 Å². The number of pyridine rings is 2. The van der Waals surface area contributed by atoms with Crippen molar-refractivity contribution in [2.75, 3.05) is 38.2 Å². The standard InChI is InChI=1S/C36H43N9O3/c1-8-24(23(3)47-7)21-45-33-30(44-20-22(2)39-34(44)45)26(12-13-38-33)31-40-28-19-37-18-27(25-10-9-11-25)29(28)32(41-31)42-14-16-43(17-15-42)35(46)48-36(4,5)6/h8,12-13,18-20,25H,3,9-11,14-17,21H2,1-2,4-7H3. The van der Waals surface area contributed by atoms with Crippen molar-refractivity contribution in [3.05, 3.63) is 66.1 Å². The predicted molar refractivity (Wildman–Crippen MR) is 186 cm³/mol. The number of ether oxygens (including phenoxy) is 2. The molecule has 0 unspecified atom stereocenters. The summed E-state index contributed by atoms with van der Waals surface area (Å²) in [4.78, 5) is 41.9. The van der Waals surface area contributed by atoms with Crippen molar-refractivity contribution >= 4 is 39.8 Å². The number of piperazine rings is 1. The molecule has 7 rings (SSSR count). The molecular formula is C36H43N9O3. The Labute approximate surface area is 280 Å². The van der Waals surface area contributed by atoms with Gasteiger partial charge >= 0.3 is 6.09 Å². The lowest BCUT2D eigenvalue weighted by Crippen LogP contribution is -2.50. The van der Waals surface area contributed by atoms with Crippen LogP contribution in [0.4, 0.5) is 10.6 Å². The van der Waals surface area contributed by atoms with E-state index in [1.54, 1.807) is 18.2 Å². The normalized spacial score (nSPS) is 16.2. The fourth-order valence-electron chi connectivity index (χ4n) is 6.67. The van der Waals surface area contributed by atoms with Gasteiger partial charge in [-0.2, -0.15) is 0 Å². The van der Waals surface area contributed by atoms with Crippen LogP contribution >= 0.6 is 0 Å². The number of amides is 1. The molecule has 48 heavy (non-hydrogen) atoms. The molecule has 2 fully saturated rings. The summed E-state index contributed by atoms with van der Waals surface area (Å²) < 4.78 is 15.3. The van der Waals surface area contributed by atoms with Gasteiger partial charge in [-0.1, -0.05) is 19.1 Å². The quantitative estimate of drug-likeness (QED) is 0.145. The molecule has 12 nitrogen and oxygen atoms in total. The number of aryl methyl sites for hydroxylation is 1. The molecule has 6 heterocycles. The number of fused-ring (bicyclic) bond motifs is 4. The number of methoxy groups -OCH3 is 1. The van der Waals surface area contributed by atoms with Crippen molar-refractivity contribution in [1.29, 1.82) is 0 Å². The lowest BCUT2D eigenvalue weighted by Gasteiger charge is -2.37. The molecule has 1 aliphatic carbocycles. The van der Waals surface area contributed by atoms with Gasteiger partial charge < -0.3 is 19.3 Å². The first kappa shape index (κ1) is 31.6. The Balaban J connectivity index is 1.36. The summed E-state index contributed by atoms with van der Waals surface area (Å²) in [6.45, 7) is 16.5. The fourth-order valence-corrected chi connectivity index (χ4v) is 6.67. The van der Waals surface area contributed by atoms with Crippen LogP contribution in [0.15, 0.2) is 54.8 Å². The number of carbonyl (C=O) groups excluding carboxylic acids is 1. The largest absolute Gasteiger partial charge is 0.497 e. The van der Waals surface area contributed by atoms with Crippen LogP contribution in [0.2, 0.25) is 0 Å². The first-order chi connectivity index (χ1) is 23.1. The minimum atomic E-state index is -0.545. The van der Waals surface area contributed by atoms with Crippen LogP contribution in [0.1, 0.15) is 64.1 Å². The monoisotopic (exact) mass is 649 g/mol. The molecule has 0 bridgehead atoms. The van der Waals surface area contributed by atoms with Crippen molar-refractivity contribution < 1.29 is 14.3 Å². The number of allylic oxidation sites excluding steroid dienone is 2. The van der Waals surface area contributed by atoms with E-state index >= 15 is 0 Å². The van der Waals surface area contributed by atoms with Gasteiger partial charge in [-0.15, -0.1) is 0 Å². The molecule has 0 radical (unpaired) electrons. The number of hydrogen-bond donors (Lipinski definition) is 0. The van der Waals surface area contributed by atoms with Crippen molar-refractivity contribution in [3.63, 3.8) is 0 Å². The van der Waals surface area contributed by atoms with Gasteiger partial charge in [0, 0.05) is 61.3 Å². The van der Waals surface area contributed by atoms with Gasteiger partial charge in [-0.3, -0.25) is 14.0 Å². The highest BCUT2D eigenvalue weighted by atomic mass is 16.6. The van der Waals surface area contributed by atoms with E-state index in [1.165, 1.54) is 12.0 Å². The summed E-state index contributed by atoms with van der Waals surface area (Å²) in [5.74, 6) is 3.26. The van der Waals surface area contributed by atoms with Gasteiger partial charge in [0.15, 0.2) is 11.5 Å². The Bertz CT molecular complexity index is 2080. The lowest BCUT2D eigenvalue weighted by molar-refractivity contribution is 0.0240. The molecule has 1 saturated carbocycles. The van der Waals surface area contributed by atoms with E-state index in [9.17, 15) is 4.79 Å². The van der Waals surface area contributed by atoms with Crippen LogP contribution in [0.3, 0.4) is 0 Å². The van der Waals surface area contributed by atoms with Gasteiger partial charge in [0.1, 0.15) is 22.7 Å². The smallest absolute Gasteiger partial charge is 0.410 e. The Morgan fingerprint density at radius 3 is 2.54 bits per heavy atom. The van der Waals surface area contributed by atoms with Gasteiger partial charge in [-0.05, 0) is 65.0 Å². The third-order valence-electron chi connectivity index (χ3n) is 9.37. The van der Waals surface area contributed by atoms with Crippen molar-refractivity contribution in [2.45, 2.75) is 71.9 Å². The highest BCUT2D eigenvalue weighted by Gasteiger charge is 2.31. The lowest BCUT2D eigenvalue weighted by atomic mass is 9.79. The molecule has 0 atom stereocenters. The Kier molecular flexibility index (Phi) is 8.04. The number of aromatic nitrogens is 7. The summed E-state index contributed by atoms with van der Waals surface area (Å²) in [5.41, 5.74) is 5.77. The molecule has 2 aliphatic rings. The zero-order valence-electron chi connectivity index (χ0n) is 28.7. The number of nitrogens with zero attached hydrogens (tertiary/aromatic N) is 9. The van der Waals surface area contributed by atoms with Crippen LogP contribution in [0.25, 0.3) is 39.2 Å². The summed E-state index contributed by atoms with van der Waals surface area (Å²) >= 11 is 0. The highest BCUT2D eigenvalue weighted by Crippen LogP contribution is 2.42. The molecule has 0 aromatic carbocycles. The van der Waals surface area contributed by atoms with Crippen molar-refractivity contribution in [3.8, 4) is 11.4 Å². The van der Waals surface area contributed by atoms with E-state index in [1.807, 2.05) is 65.4 Å². The van der Waals surface area contributed by atoms with Gasteiger partial charge in [-0.25, -0.2) is 24.7 Å². The first-order valence-electron chi connectivity index (χ1n) is 16.7. The van der Waals surface area contributed by atoms with E-state index in [0.717, 1.165) is 63.3 Å². The zero-order chi connectivity index (χ0) is 33.7. The molecule has 5 aromatic heterocycles. The van der Waals surface area contributed by atoms with E-state index < -0.39 is 5.60 Å². The Morgan fingerprint density at radius 1 is 1.10 bits per heavy atom. The molecule has 0 N–H and O–H groups in total. The number of carbonyl (C=O) groups is 1. The predicted octanol–water partition coefficient (Wildman–Crippen LogP) is 6.43. The third kappa shape index (κ3) is 5.62. The van der Waals surface area contributed by atoms with Crippen LogP contribution in [0.5, 0.6) is 0 Å². The number of hydrogen-bond acceptors (Lipinski definition) is 9.